The number of fused-ring (bicyclic) bond motifs is 1. The summed E-state index contributed by atoms with van der Waals surface area (Å²) in [6.45, 7) is 4.99. The van der Waals surface area contributed by atoms with Crippen LogP contribution in [0, 0.1) is 17.0 Å². The molecule has 156 valence electrons. The van der Waals surface area contributed by atoms with Crippen molar-refractivity contribution in [1.29, 1.82) is 0 Å². The second kappa shape index (κ2) is 6.91. The molecule has 4 rings (SSSR count). The summed E-state index contributed by atoms with van der Waals surface area (Å²) < 4.78 is 29.9. The van der Waals surface area contributed by atoms with Crippen molar-refractivity contribution in [2.24, 2.45) is 11.1 Å². The molecule has 2 heterocycles. The van der Waals surface area contributed by atoms with Gasteiger partial charge in [0.15, 0.2) is 0 Å². The van der Waals surface area contributed by atoms with Crippen molar-refractivity contribution < 1.29 is 18.7 Å². The first-order chi connectivity index (χ1) is 14.1. The monoisotopic (exact) mass is 413 g/mol. The average molecular weight is 413 g/mol. The van der Waals surface area contributed by atoms with Gasteiger partial charge >= 0.3 is 5.97 Å². The Morgan fingerprint density at radius 3 is 2.43 bits per heavy atom. The maximum absolute atomic E-state index is 15.0. The van der Waals surface area contributed by atoms with Crippen molar-refractivity contribution in [3.63, 3.8) is 0 Å². The first-order valence-corrected chi connectivity index (χ1v) is 9.47. The van der Waals surface area contributed by atoms with E-state index in [2.05, 4.69) is 0 Å². The second-order valence-electron chi connectivity index (χ2n) is 8.32. The molecule has 0 aliphatic carbocycles. The number of pyridine rings is 1. The number of carboxylic acid groups (broad SMARTS) is 1. The Hall–Kier alpha value is -3.26. The molecule has 8 heteroatoms. The molecule has 3 aromatic rings. The minimum atomic E-state index is -1.42. The fourth-order valence-electron chi connectivity index (χ4n) is 3.89. The molecule has 1 fully saturated rings. The van der Waals surface area contributed by atoms with Crippen LogP contribution in [0.25, 0.3) is 16.6 Å². The molecule has 6 nitrogen and oxygen atoms in total. The van der Waals surface area contributed by atoms with E-state index in [9.17, 15) is 19.1 Å². The highest BCUT2D eigenvalue weighted by molar-refractivity contribution is 5.94. The first-order valence-electron chi connectivity index (χ1n) is 9.47. The normalized spacial score (nSPS) is 18.2. The van der Waals surface area contributed by atoms with Gasteiger partial charge in [-0.1, -0.05) is 13.8 Å². The molecular weight excluding hydrogens is 392 g/mol. The number of benzene rings is 2. The quantitative estimate of drug-likeness (QED) is 0.689. The van der Waals surface area contributed by atoms with Crippen molar-refractivity contribution in [2.45, 2.75) is 19.9 Å². The highest BCUT2D eigenvalue weighted by Gasteiger charge is 2.38. The zero-order valence-electron chi connectivity index (χ0n) is 16.5. The Morgan fingerprint density at radius 1 is 1.20 bits per heavy atom. The van der Waals surface area contributed by atoms with Crippen LogP contribution in [-0.2, 0) is 0 Å². The van der Waals surface area contributed by atoms with Crippen molar-refractivity contribution in [2.75, 3.05) is 18.0 Å². The standard InChI is InChI=1S/C22H21F2N3O3/c1-22(2)11-26(10-19(22)25)18-8-17-14(7-16(18)24)20(28)15(21(29)30)9-27(17)13-5-3-12(23)4-6-13/h3-9,19H,10-11,25H2,1-2H3,(H,29,30)/t19-/m0/s1. The minimum Gasteiger partial charge on any atom is -0.477 e. The third-order valence-electron chi connectivity index (χ3n) is 5.77. The van der Waals surface area contributed by atoms with E-state index in [-0.39, 0.29) is 22.5 Å². The van der Waals surface area contributed by atoms with Gasteiger partial charge in [-0.3, -0.25) is 4.79 Å². The van der Waals surface area contributed by atoms with E-state index in [1.807, 2.05) is 18.7 Å². The van der Waals surface area contributed by atoms with Gasteiger partial charge in [0.2, 0.25) is 5.43 Å². The van der Waals surface area contributed by atoms with E-state index in [0.717, 1.165) is 6.07 Å². The molecule has 0 amide bonds. The molecule has 1 saturated heterocycles. The first kappa shape index (κ1) is 20.0. The van der Waals surface area contributed by atoms with Crippen LogP contribution in [0.5, 0.6) is 0 Å². The van der Waals surface area contributed by atoms with E-state index < -0.39 is 28.6 Å². The molecule has 1 aliphatic rings. The Kier molecular flexibility index (Phi) is 4.62. The molecule has 0 spiro atoms. The molecule has 0 radical (unpaired) electrons. The van der Waals surface area contributed by atoms with E-state index in [1.165, 1.54) is 41.1 Å². The number of carboxylic acids is 1. The SMILES string of the molecule is CC1(C)CN(c2cc3c(cc2F)c(=O)c(C(=O)O)cn3-c2ccc(F)cc2)C[C@@H]1N. The molecule has 3 N–H and O–H groups in total. The third kappa shape index (κ3) is 3.23. The summed E-state index contributed by atoms with van der Waals surface area (Å²) in [5.41, 5.74) is 5.75. The van der Waals surface area contributed by atoms with Gasteiger partial charge in [0.05, 0.1) is 11.2 Å². The summed E-state index contributed by atoms with van der Waals surface area (Å²) >= 11 is 0. The van der Waals surface area contributed by atoms with Gasteiger partial charge in [-0.15, -0.1) is 0 Å². The number of rotatable bonds is 3. The lowest BCUT2D eigenvalue weighted by Crippen LogP contribution is -2.35. The van der Waals surface area contributed by atoms with Crippen molar-refractivity contribution in [1.82, 2.24) is 4.57 Å². The average Bonchev–Trinajstić information content (AvgIpc) is 2.95. The molecule has 0 saturated carbocycles. The maximum atomic E-state index is 15.0. The number of nitrogens with zero attached hydrogens (tertiary/aromatic N) is 2. The van der Waals surface area contributed by atoms with Crippen LogP contribution in [-0.4, -0.2) is 34.8 Å². The zero-order chi connectivity index (χ0) is 21.8. The summed E-state index contributed by atoms with van der Waals surface area (Å²) in [4.78, 5) is 26.1. The largest absolute Gasteiger partial charge is 0.477 e. The number of hydrogen-bond acceptors (Lipinski definition) is 4. The van der Waals surface area contributed by atoms with Crippen LogP contribution in [0.4, 0.5) is 14.5 Å². The van der Waals surface area contributed by atoms with Gasteiger partial charge in [0.1, 0.15) is 17.2 Å². The number of nitrogens with two attached hydrogens (primary N) is 1. The maximum Gasteiger partial charge on any atom is 0.341 e. The summed E-state index contributed by atoms with van der Waals surface area (Å²) in [5.74, 6) is -2.50. The van der Waals surface area contributed by atoms with Crippen LogP contribution in [0.2, 0.25) is 0 Å². The number of anilines is 1. The van der Waals surface area contributed by atoms with Crippen molar-refractivity contribution >= 4 is 22.6 Å². The van der Waals surface area contributed by atoms with E-state index >= 15 is 4.39 Å². The lowest BCUT2D eigenvalue weighted by atomic mass is 9.89. The van der Waals surface area contributed by atoms with Crippen molar-refractivity contribution in [3.8, 4) is 5.69 Å². The van der Waals surface area contributed by atoms with Crippen LogP contribution in [0.15, 0.2) is 47.4 Å². The van der Waals surface area contributed by atoms with Crippen LogP contribution in [0.3, 0.4) is 0 Å². The van der Waals surface area contributed by atoms with Gasteiger partial charge in [-0.2, -0.15) is 0 Å². The van der Waals surface area contributed by atoms with Gasteiger partial charge in [-0.25, -0.2) is 13.6 Å². The molecule has 1 aliphatic heterocycles. The van der Waals surface area contributed by atoms with Crippen LogP contribution < -0.4 is 16.1 Å². The lowest BCUT2D eigenvalue weighted by molar-refractivity contribution is 0.0695. The fraction of sp³-hybridized carbons (Fsp3) is 0.273. The minimum absolute atomic E-state index is 0.0665. The van der Waals surface area contributed by atoms with Gasteiger partial charge < -0.3 is 20.3 Å². The Bertz CT molecular complexity index is 1220. The number of hydrogen-bond donors (Lipinski definition) is 2. The number of halogens is 2. The van der Waals surface area contributed by atoms with Crippen LogP contribution >= 0.6 is 0 Å². The predicted molar refractivity (Wildman–Crippen MR) is 110 cm³/mol. The van der Waals surface area contributed by atoms with Crippen molar-refractivity contribution in [3.05, 3.63) is 70.0 Å². The van der Waals surface area contributed by atoms with Gasteiger partial charge in [0.25, 0.3) is 0 Å². The second-order valence-corrected chi connectivity index (χ2v) is 8.32. The summed E-state index contributed by atoms with van der Waals surface area (Å²) in [5, 5.41) is 9.37. The van der Waals surface area contributed by atoms with Gasteiger partial charge in [-0.05, 0) is 41.8 Å². The van der Waals surface area contributed by atoms with Gasteiger partial charge in [0, 0.05) is 36.4 Å². The third-order valence-corrected chi connectivity index (χ3v) is 5.77. The highest BCUT2D eigenvalue weighted by Crippen LogP contribution is 2.35. The molecule has 2 aromatic carbocycles. The molecule has 1 atom stereocenters. The summed E-state index contributed by atoms with van der Waals surface area (Å²) in [6.07, 6.45) is 1.18. The number of aromatic carboxylic acids is 1. The number of carbonyl (C=O) groups is 1. The topological polar surface area (TPSA) is 88.6 Å². The van der Waals surface area contributed by atoms with E-state index in [0.29, 0.717) is 24.3 Å². The highest BCUT2D eigenvalue weighted by atomic mass is 19.1. The summed E-state index contributed by atoms with van der Waals surface area (Å²) in [6, 6.07) is 7.82. The molecule has 0 bridgehead atoms. The molecule has 0 unspecified atom stereocenters. The Morgan fingerprint density at radius 2 is 1.87 bits per heavy atom. The molecule has 1 aromatic heterocycles. The molecule has 30 heavy (non-hydrogen) atoms. The van der Waals surface area contributed by atoms with E-state index in [1.54, 1.807) is 0 Å². The lowest BCUT2D eigenvalue weighted by Gasteiger charge is -2.23. The predicted octanol–water partition coefficient (Wildman–Crippen LogP) is 3.14. The molecular formula is C22H21F2N3O3. The fourth-order valence-corrected chi connectivity index (χ4v) is 3.89. The number of aromatic nitrogens is 1. The van der Waals surface area contributed by atoms with E-state index in [4.69, 9.17) is 5.73 Å². The Balaban J connectivity index is 1.99. The Labute approximate surface area is 171 Å². The van der Waals surface area contributed by atoms with Crippen LogP contribution in [0.1, 0.15) is 24.2 Å². The smallest absolute Gasteiger partial charge is 0.341 e. The zero-order valence-corrected chi connectivity index (χ0v) is 16.5. The summed E-state index contributed by atoms with van der Waals surface area (Å²) in [7, 11) is 0.